The number of hydrogen-bond acceptors (Lipinski definition) is 2. The topological polar surface area (TPSA) is 12.0 Å². The molecule has 1 saturated carbocycles. The highest BCUT2D eigenvalue weighted by atomic mass is 32.2. The van der Waals surface area contributed by atoms with Crippen LogP contribution in [0.4, 0.5) is 0 Å². The third-order valence-electron chi connectivity index (χ3n) is 4.39. The summed E-state index contributed by atoms with van der Waals surface area (Å²) in [6.07, 6.45) is 6.88. The van der Waals surface area contributed by atoms with Crippen molar-refractivity contribution >= 4 is 11.8 Å². The summed E-state index contributed by atoms with van der Waals surface area (Å²) in [5, 5.41) is 3.73. The number of fused-ring (bicyclic) bond motifs is 1. The molecule has 2 unspecified atom stereocenters. The average Bonchev–Trinajstić information content (AvgIpc) is 3.18. The van der Waals surface area contributed by atoms with E-state index in [2.05, 4.69) is 48.3 Å². The largest absolute Gasteiger partial charge is 0.314 e. The van der Waals surface area contributed by atoms with Crippen molar-refractivity contribution < 1.29 is 0 Å². The van der Waals surface area contributed by atoms with Gasteiger partial charge < -0.3 is 5.32 Å². The van der Waals surface area contributed by atoms with Crippen LogP contribution in [0.25, 0.3) is 0 Å². The minimum Gasteiger partial charge on any atom is -0.314 e. The van der Waals surface area contributed by atoms with Gasteiger partial charge in [-0.25, -0.2) is 0 Å². The van der Waals surface area contributed by atoms with Gasteiger partial charge in [0.05, 0.1) is 0 Å². The molecule has 0 amide bonds. The van der Waals surface area contributed by atoms with Crippen LogP contribution in [0.5, 0.6) is 0 Å². The van der Waals surface area contributed by atoms with E-state index in [1.807, 2.05) is 0 Å². The lowest BCUT2D eigenvalue weighted by atomic mass is 9.88. The van der Waals surface area contributed by atoms with Gasteiger partial charge in [0.1, 0.15) is 0 Å². The molecular weight excluding hydrogens is 250 g/mol. The van der Waals surface area contributed by atoms with Crippen LogP contribution in [-0.4, -0.2) is 18.3 Å². The van der Waals surface area contributed by atoms with Crippen LogP contribution >= 0.6 is 11.8 Å². The molecule has 1 aliphatic heterocycles. The first-order valence-electron chi connectivity index (χ1n) is 7.82. The molecule has 1 aliphatic carbocycles. The Balaban J connectivity index is 1.58. The van der Waals surface area contributed by atoms with Crippen molar-refractivity contribution in [1.82, 2.24) is 5.32 Å². The van der Waals surface area contributed by atoms with E-state index in [0.29, 0.717) is 0 Å². The van der Waals surface area contributed by atoms with Crippen LogP contribution in [0.1, 0.15) is 50.5 Å². The van der Waals surface area contributed by atoms with E-state index in [1.165, 1.54) is 49.3 Å². The molecule has 1 aromatic carbocycles. The van der Waals surface area contributed by atoms with Crippen LogP contribution in [-0.2, 0) is 0 Å². The Morgan fingerprint density at radius 2 is 2.16 bits per heavy atom. The summed E-state index contributed by atoms with van der Waals surface area (Å²) >= 11 is 2.05. The van der Waals surface area contributed by atoms with Gasteiger partial charge in [0, 0.05) is 16.7 Å². The summed E-state index contributed by atoms with van der Waals surface area (Å²) in [6.45, 7) is 3.56. The van der Waals surface area contributed by atoms with Gasteiger partial charge in [-0.15, -0.1) is 11.8 Å². The quantitative estimate of drug-likeness (QED) is 0.790. The smallest absolute Gasteiger partial charge is 0.0107 e. The number of rotatable bonds is 7. The highest BCUT2D eigenvalue weighted by Crippen LogP contribution is 2.42. The van der Waals surface area contributed by atoms with Crippen LogP contribution in [0.3, 0.4) is 0 Å². The second-order valence-electron chi connectivity index (χ2n) is 6.12. The Hall–Kier alpha value is -0.470. The van der Waals surface area contributed by atoms with Gasteiger partial charge >= 0.3 is 0 Å². The lowest BCUT2D eigenvalue weighted by molar-refractivity contribution is 0.390. The van der Waals surface area contributed by atoms with Crippen LogP contribution in [0.2, 0.25) is 0 Å². The zero-order chi connectivity index (χ0) is 13.1. The molecule has 1 fully saturated rings. The molecule has 0 aromatic heterocycles. The maximum absolute atomic E-state index is 3.73. The third-order valence-corrected chi connectivity index (χ3v) is 5.64. The molecule has 2 aliphatic rings. The summed E-state index contributed by atoms with van der Waals surface area (Å²) in [5.74, 6) is 2.95. The minimum absolute atomic E-state index is 0.791. The number of benzene rings is 1. The molecule has 2 atom stereocenters. The van der Waals surface area contributed by atoms with E-state index in [-0.39, 0.29) is 0 Å². The predicted octanol–water partition coefficient (Wildman–Crippen LogP) is 4.43. The molecule has 0 bridgehead atoms. The molecule has 0 spiro atoms. The average molecular weight is 275 g/mol. The van der Waals surface area contributed by atoms with Gasteiger partial charge in [-0.3, -0.25) is 0 Å². The number of thioether (sulfide) groups is 1. The highest BCUT2D eigenvalue weighted by Gasteiger charge is 2.27. The summed E-state index contributed by atoms with van der Waals surface area (Å²) in [7, 11) is 0. The summed E-state index contributed by atoms with van der Waals surface area (Å²) in [4.78, 5) is 1.53. The maximum Gasteiger partial charge on any atom is 0.0107 e. The van der Waals surface area contributed by atoms with Crippen LogP contribution < -0.4 is 5.32 Å². The van der Waals surface area contributed by atoms with Crippen molar-refractivity contribution in [2.45, 2.75) is 55.9 Å². The fourth-order valence-corrected chi connectivity index (χ4v) is 4.43. The molecule has 1 heterocycles. The van der Waals surface area contributed by atoms with Gasteiger partial charge in [0.2, 0.25) is 0 Å². The van der Waals surface area contributed by atoms with Crippen molar-refractivity contribution in [2.75, 3.05) is 12.3 Å². The summed E-state index contributed by atoms with van der Waals surface area (Å²) in [5.41, 5.74) is 1.61. The molecule has 104 valence electrons. The maximum atomic E-state index is 3.73. The fraction of sp³-hybridized carbons (Fsp3) is 0.647. The third kappa shape index (κ3) is 3.55. The zero-order valence-electron chi connectivity index (χ0n) is 11.9. The highest BCUT2D eigenvalue weighted by molar-refractivity contribution is 7.99. The van der Waals surface area contributed by atoms with Crippen molar-refractivity contribution in [3.8, 4) is 0 Å². The molecule has 0 saturated heterocycles. The molecule has 3 rings (SSSR count). The van der Waals surface area contributed by atoms with Gasteiger partial charge in [-0.2, -0.15) is 0 Å². The van der Waals surface area contributed by atoms with E-state index >= 15 is 0 Å². The van der Waals surface area contributed by atoms with Gasteiger partial charge in [0.25, 0.3) is 0 Å². The van der Waals surface area contributed by atoms with E-state index < -0.39 is 0 Å². The van der Waals surface area contributed by atoms with Crippen molar-refractivity contribution in [3.63, 3.8) is 0 Å². The van der Waals surface area contributed by atoms with E-state index in [4.69, 9.17) is 0 Å². The molecule has 1 N–H and O–H groups in total. The first-order chi connectivity index (χ1) is 9.36. The first-order valence-corrected chi connectivity index (χ1v) is 8.80. The Morgan fingerprint density at radius 3 is 2.95 bits per heavy atom. The van der Waals surface area contributed by atoms with Crippen LogP contribution in [0, 0.1) is 5.92 Å². The SMILES string of the molecule is CCCC(CNC1CC1)CC1CSc2ccccc21. The Labute approximate surface area is 121 Å². The van der Waals surface area contributed by atoms with E-state index in [9.17, 15) is 0 Å². The number of nitrogens with one attached hydrogen (secondary N) is 1. The standard InChI is InChI=1S/C17H25NS/c1-2-5-13(11-18-15-8-9-15)10-14-12-19-17-7-4-3-6-16(14)17/h3-4,6-7,13-15,18H,2,5,8-12H2,1H3. The zero-order valence-corrected chi connectivity index (χ0v) is 12.7. The van der Waals surface area contributed by atoms with Crippen LogP contribution in [0.15, 0.2) is 29.2 Å². The lowest BCUT2D eigenvalue weighted by Crippen LogP contribution is -2.26. The van der Waals surface area contributed by atoms with Crippen molar-refractivity contribution in [1.29, 1.82) is 0 Å². The Bertz CT molecular complexity index is 413. The van der Waals surface area contributed by atoms with Crippen molar-refractivity contribution in [3.05, 3.63) is 29.8 Å². The molecule has 19 heavy (non-hydrogen) atoms. The Morgan fingerprint density at radius 1 is 1.32 bits per heavy atom. The van der Waals surface area contributed by atoms with E-state index in [0.717, 1.165) is 17.9 Å². The van der Waals surface area contributed by atoms with Gasteiger partial charge in [-0.1, -0.05) is 31.5 Å². The number of hydrogen-bond donors (Lipinski definition) is 1. The monoisotopic (exact) mass is 275 g/mol. The molecular formula is C17H25NS. The molecule has 1 aromatic rings. The first kappa shape index (κ1) is 13.5. The summed E-state index contributed by atoms with van der Waals surface area (Å²) < 4.78 is 0. The molecule has 2 heteroatoms. The van der Waals surface area contributed by atoms with Gasteiger partial charge in [-0.05, 0) is 55.7 Å². The van der Waals surface area contributed by atoms with Gasteiger partial charge in [0.15, 0.2) is 0 Å². The lowest BCUT2D eigenvalue weighted by Gasteiger charge is -2.21. The normalized spacial score (nSPS) is 23.3. The van der Waals surface area contributed by atoms with E-state index in [1.54, 1.807) is 5.56 Å². The molecule has 1 nitrogen and oxygen atoms in total. The minimum atomic E-state index is 0.791. The molecule has 0 radical (unpaired) electrons. The van der Waals surface area contributed by atoms with Crippen molar-refractivity contribution in [2.24, 2.45) is 5.92 Å². The second kappa shape index (κ2) is 6.32. The Kier molecular flexibility index (Phi) is 4.49. The second-order valence-corrected chi connectivity index (χ2v) is 7.18. The fourth-order valence-electron chi connectivity index (χ4n) is 3.16. The predicted molar refractivity (Wildman–Crippen MR) is 83.9 cm³/mol. The summed E-state index contributed by atoms with van der Waals surface area (Å²) in [6, 6.07) is 9.86.